The van der Waals surface area contributed by atoms with E-state index in [1.165, 1.54) is 6.07 Å². The Kier molecular flexibility index (Phi) is 3.74. The minimum Gasteiger partial charge on any atom is -0.305 e. The molecule has 0 atom stereocenters. The van der Waals surface area contributed by atoms with Crippen molar-refractivity contribution in [1.29, 1.82) is 0 Å². The first kappa shape index (κ1) is 12.7. The molecule has 1 amide bonds. The van der Waals surface area contributed by atoms with E-state index in [0.717, 1.165) is 5.69 Å². The van der Waals surface area contributed by atoms with Crippen molar-refractivity contribution in [2.75, 3.05) is 5.32 Å². The van der Waals surface area contributed by atoms with Gasteiger partial charge in [-0.1, -0.05) is 17.7 Å². The van der Waals surface area contributed by atoms with Crippen LogP contribution in [0.15, 0.2) is 24.3 Å². The summed E-state index contributed by atoms with van der Waals surface area (Å²) in [6, 6.07) is 6.56. The quantitative estimate of drug-likeness (QED) is 0.679. The topological polar surface area (TPSA) is 67.8 Å². The zero-order valence-corrected chi connectivity index (χ0v) is 10.8. The highest BCUT2D eigenvalue weighted by Gasteiger charge is 2.09. The molecule has 0 aliphatic heterocycles. The van der Waals surface area contributed by atoms with Gasteiger partial charge in [-0.25, -0.2) is 15.0 Å². The predicted octanol–water partition coefficient (Wildman–Crippen LogP) is 2.74. The molecule has 18 heavy (non-hydrogen) atoms. The number of halogens is 2. The number of pyridine rings is 1. The molecule has 0 saturated carbocycles. The molecule has 0 aliphatic carbocycles. The van der Waals surface area contributed by atoms with Gasteiger partial charge in [-0.05, 0) is 30.7 Å². The second kappa shape index (κ2) is 5.29. The Bertz CT molecular complexity index is 583. The van der Waals surface area contributed by atoms with Gasteiger partial charge in [0.1, 0.15) is 16.7 Å². The number of amides is 1. The zero-order chi connectivity index (χ0) is 13.1. The lowest BCUT2D eigenvalue weighted by molar-refractivity contribution is 0.102. The number of carbonyl (C=O) groups is 1. The highest BCUT2D eigenvalue weighted by molar-refractivity contribution is 6.32. The summed E-state index contributed by atoms with van der Waals surface area (Å²) in [5.41, 5.74) is 1.04. The van der Waals surface area contributed by atoms with E-state index in [0.29, 0.717) is 5.69 Å². The van der Waals surface area contributed by atoms with Gasteiger partial charge in [-0.3, -0.25) is 4.79 Å². The van der Waals surface area contributed by atoms with Crippen LogP contribution >= 0.6 is 23.2 Å². The largest absolute Gasteiger partial charge is 0.305 e. The van der Waals surface area contributed by atoms with Crippen LogP contribution in [0.25, 0.3) is 0 Å². The van der Waals surface area contributed by atoms with Crippen LogP contribution in [0.2, 0.25) is 10.4 Å². The number of rotatable bonds is 2. The second-order valence-corrected chi connectivity index (χ2v) is 4.19. The predicted molar refractivity (Wildman–Crippen MR) is 69.0 cm³/mol. The Morgan fingerprint density at radius 2 is 2.00 bits per heavy atom. The third kappa shape index (κ3) is 3.15. The van der Waals surface area contributed by atoms with Crippen molar-refractivity contribution in [3.63, 3.8) is 0 Å². The molecule has 5 nitrogen and oxygen atoms in total. The number of hydrogen-bond donors (Lipinski definition) is 1. The van der Waals surface area contributed by atoms with Crippen LogP contribution in [0.1, 0.15) is 16.2 Å². The molecule has 2 aromatic heterocycles. The molecule has 0 radical (unpaired) electrons. The van der Waals surface area contributed by atoms with Crippen LogP contribution in [0.5, 0.6) is 0 Å². The maximum atomic E-state index is 11.9. The minimum absolute atomic E-state index is 0.0324. The fraction of sp³-hybridized carbons (Fsp3) is 0.0909. The standard InChI is InChI=1S/C11H8Cl2N4O/c1-6-3-2-4-7(14-6)10(18)16-9-5-8(12)15-11(13)17-9/h2-5H,1H3,(H,15,16,17,18). The molecular formula is C11H8Cl2N4O. The summed E-state index contributed by atoms with van der Waals surface area (Å²) < 4.78 is 0. The first-order valence-electron chi connectivity index (χ1n) is 5.00. The minimum atomic E-state index is -0.385. The van der Waals surface area contributed by atoms with Crippen molar-refractivity contribution in [2.45, 2.75) is 6.92 Å². The second-order valence-electron chi connectivity index (χ2n) is 3.46. The molecule has 92 valence electrons. The first-order chi connectivity index (χ1) is 8.54. The lowest BCUT2D eigenvalue weighted by Crippen LogP contribution is -2.15. The van der Waals surface area contributed by atoms with E-state index in [9.17, 15) is 4.79 Å². The maximum Gasteiger partial charge on any atom is 0.275 e. The normalized spacial score (nSPS) is 10.2. The molecular weight excluding hydrogens is 275 g/mol. The summed E-state index contributed by atoms with van der Waals surface area (Å²) in [5.74, 6) is -0.155. The highest BCUT2D eigenvalue weighted by Crippen LogP contribution is 2.15. The van der Waals surface area contributed by atoms with Crippen LogP contribution < -0.4 is 5.32 Å². The van der Waals surface area contributed by atoms with Gasteiger partial charge in [-0.2, -0.15) is 0 Å². The summed E-state index contributed by atoms with van der Waals surface area (Å²) in [5, 5.41) is 2.67. The van der Waals surface area contributed by atoms with E-state index in [4.69, 9.17) is 23.2 Å². The van der Waals surface area contributed by atoms with Crippen LogP contribution in [0.4, 0.5) is 5.82 Å². The molecule has 0 aromatic carbocycles. The summed E-state index contributed by atoms with van der Waals surface area (Å²) >= 11 is 11.3. The summed E-state index contributed by atoms with van der Waals surface area (Å²) in [7, 11) is 0. The fourth-order valence-corrected chi connectivity index (χ4v) is 1.71. The van der Waals surface area contributed by atoms with E-state index in [2.05, 4.69) is 20.3 Å². The Morgan fingerprint density at radius 1 is 1.22 bits per heavy atom. The molecule has 0 bridgehead atoms. The average molecular weight is 283 g/mol. The molecule has 1 N–H and O–H groups in total. The number of nitrogens with one attached hydrogen (secondary N) is 1. The monoisotopic (exact) mass is 282 g/mol. The summed E-state index contributed by atoms with van der Waals surface area (Å²) in [6.07, 6.45) is 0. The molecule has 7 heteroatoms. The van der Waals surface area contributed by atoms with Crippen LogP contribution in [-0.2, 0) is 0 Å². The first-order valence-corrected chi connectivity index (χ1v) is 5.75. The van der Waals surface area contributed by atoms with Crippen LogP contribution in [0, 0.1) is 6.92 Å². The van der Waals surface area contributed by atoms with Crippen molar-refractivity contribution >= 4 is 34.9 Å². The number of anilines is 1. The summed E-state index contributed by atoms with van der Waals surface area (Å²) in [6.45, 7) is 1.80. The van der Waals surface area contributed by atoms with E-state index in [1.807, 2.05) is 0 Å². The van der Waals surface area contributed by atoms with Crippen molar-refractivity contribution in [3.8, 4) is 0 Å². The van der Waals surface area contributed by atoms with Crippen LogP contribution in [0.3, 0.4) is 0 Å². The van der Waals surface area contributed by atoms with Gasteiger partial charge in [0.15, 0.2) is 0 Å². The lowest BCUT2D eigenvalue weighted by Gasteiger charge is -2.04. The number of hydrogen-bond acceptors (Lipinski definition) is 4. The molecule has 0 unspecified atom stereocenters. The third-order valence-corrected chi connectivity index (χ3v) is 2.39. The molecule has 0 saturated heterocycles. The van der Waals surface area contributed by atoms with E-state index in [-0.39, 0.29) is 22.2 Å². The number of carbonyl (C=O) groups excluding carboxylic acids is 1. The molecule has 2 aromatic rings. The summed E-state index contributed by atoms with van der Waals surface area (Å²) in [4.78, 5) is 23.5. The SMILES string of the molecule is Cc1cccc(C(=O)Nc2cc(Cl)nc(Cl)n2)n1. The molecule has 2 heterocycles. The Hall–Kier alpha value is -1.72. The molecule has 2 rings (SSSR count). The smallest absolute Gasteiger partial charge is 0.275 e. The van der Waals surface area contributed by atoms with Gasteiger partial charge >= 0.3 is 0 Å². The van der Waals surface area contributed by atoms with Crippen LogP contribution in [-0.4, -0.2) is 20.9 Å². The van der Waals surface area contributed by atoms with Gasteiger partial charge in [0, 0.05) is 11.8 Å². The van der Waals surface area contributed by atoms with Crippen molar-refractivity contribution in [2.24, 2.45) is 0 Å². The maximum absolute atomic E-state index is 11.9. The number of aromatic nitrogens is 3. The fourth-order valence-electron chi connectivity index (χ4n) is 1.30. The van der Waals surface area contributed by atoms with Crippen molar-refractivity contribution < 1.29 is 4.79 Å². The molecule has 0 fully saturated rings. The van der Waals surface area contributed by atoms with E-state index >= 15 is 0 Å². The highest BCUT2D eigenvalue weighted by atomic mass is 35.5. The third-order valence-electron chi connectivity index (χ3n) is 2.03. The number of nitrogens with zero attached hydrogens (tertiary/aromatic N) is 3. The molecule has 0 aliphatic rings. The van der Waals surface area contributed by atoms with Crippen molar-refractivity contribution in [1.82, 2.24) is 15.0 Å². The zero-order valence-electron chi connectivity index (χ0n) is 9.32. The van der Waals surface area contributed by atoms with Gasteiger partial charge in [0.25, 0.3) is 5.91 Å². The lowest BCUT2D eigenvalue weighted by atomic mass is 10.3. The Morgan fingerprint density at radius 3 is 2.67 bits per heavy atom. The average Bonchev–Trinajstić information content (AvgIpc) is 2.27. The van der Waals surface area contributed by atoms with Gasteiger partial charge in [0.05, 0.1) is 0 Å². The van der Waals surface area contributed by atoms with Crippen molar-refractivity contribution in [3.05, 3.63) is 46.1 Å². The number of aryl methyl sites for hydroxylation is 1. The Balaban J connectivity index is 2.21. The van der Waals surface area contributed by atoms with E-state index < -0.39 is 0 Å². The van der Waals surface area contributed by atoms with Gasteiger partial charge in [-0.15, -0.1) is 0 Å². The van der Waals surface area contributed by atoms with Gasteiger partial charge in [0.2, 0.25) is 5.28 Å². The Labute approximate surface area is 113 Å². The van der Waals surface area contributed by atoms with E-state index in [1.54, 1.807) is 25.1 Å². The molecule has 0 spiro atoms. The van der Waals surface area contributed by atoms with Gasteiger partial charge < -0.3 is 5.32 Å².